The Balaban J connectivity index is 1.86. The normalized spacial score (nSPS) is 10.2. The summed E-state index contributed by atoms with van der Waals surface area (Å²) in [6, 6.07) is 17.2. The van der Waals surface area contributed by atoms with Crippen LogP contribution in [0.5, 0.6) is 0 Å². The Bertz CT molecular complexity index is 880. The lowest BCUT2D eigenvalue weighted by atomic mass is 10.1. The number of hydrogen-bond acceptors (Lipinski definition) is 3. The van der Waals surface area contributed by atoms with Crippen LogP contribution in [0.3, 0.4) is 0 Å². The molecule has 0 unspecified atom stereocenters. The fraction of sp³-hybridized carbons (Fsp3) is 0.0526. The van der Waals surface area contributed by atoms with Gasteiger partial charge in [-0.2, -0.15) is 0 Å². The van der Waals surface area contributed by atoms with E-state index in [0.29, 0.717) is 5.02 Å². The van der Waals surface area contributed by atoms with Gasteiger partial charge in [-0.05, 0) is 42.0 Å². The number of rotatable bonds is 4. The Morgan fingerprint density at radius 1 is 0.917 bits per heavy atom. The van der Waals surface area contributed by atoms with Crippen LogP contribution >= 0.6 is 11.6 Å². The molecule has 0 radical (unpaired) electrons. The van der Waals surface area contributed by atoms with E-state index in [2.05, 4.69) is 15.6 Å². The Morgan fingerprint density at radius 2 is 1.67 bits per heavy atom. The number of halogens is 1. The SMILES string of the molecule is CC(=O)Nc1cccc(-c2cncc(Nc3cccc(Cl)c3)c2)c1. The molecule has 0 fully saturated rings. The molecule has 24 heavy (non-hydrogen) atoms. The van der Waals surface area contributed by atoms with E-state index >= 15 is 0 Å². The first kappa shape index (κ1) is 16.0. The number of aromatic nitrogens is 1. The number of nitrogens with zero attached hydrogens (tertiary/aromatic N) is 1. The minimum atomic E-state index is -0.0957. The molecular formula is C19H16ClN3O. The Hall–Kier alpha value is -2.85. The minimum absolute atomic E-state index is 0.0957. The highest BCUT2D eigenvalue weighted by Crippen LogP contribution is 2.26. The van der Waals surface area contributed by atoms with E-state index in [-0.39, 0.29) is 5.91 Å². The molecule has 3 rings (SSSR count). The van der Waals surface area contributed by atoms with Gasteiger partial charge in [0.1, 0.15) is 0 Å². The zero-order valence-corrected chi connectivity index (χ0v) is 13.8. The molecule has 120 valence electrons. The van der Waals surface area contributed by atoms with Crippen molar-refractivity contribution in [2.45, 2.75) is 6.92 Å². The van der Waals surface area contributed by atoms with Gasteiger partial charge in [0.25, 0.3) is 0 Å². The Labute approximate surface area is 145 Å². The molecule has 0 spiro atoms. The molecule has 0 atom stereocenters. The lowest BCUT2D eigenvalue weighted by Gasteiger charge is -2.09. The highest BCUT2D eigenvalue weighted by molar-refractivity contribution is 6.30. The predicted octanol–water partition coefficient (Wildman–Crippen LogP) is 5.10. The number of carbonyl (C=O) groups is 1. The maximum absolute atomic E-state index is 11.2. The summed E-state index contributed by atoms with van der Waals surface area (Å²) in [6.45, 7) is 1.49. The van der Waals surface area contributed by atoms with Gasteiger partial charge in [-0.1, -0.05) is 29.8 Å². The average Bonchev–Trinajstić information content (AvgIpc) is 2.55. The summed E-state index contributed by atoms with van der Waals surface area (Å²) in [4.78, 5) is 15.5. The number of amides is 1. The number of benzene rings is 2. The molecule has 3 aromatic rings. The van der Waals surface area contributed by atoms with Gasteiger partial charge in [0.05, 0.1) is 11.9 Å². The van der Waals surface area contributed by atoms with Crippen molar-refractivity contribution in [2.24, 2.45) is 0 Å². The summed E-state index contributed by atoms with van der Waals surface area (Å²) >= 11 is 6.01. The van der Waals surface area contributed by atoms with E-state index in [4.69, 9.17) is 11.6 Å². The van der Waals surface area contributed by atoms with Crippen LogP contribution in [0.25, 0.3) is 11.1 Å². The fourth-order valence-corrected chi connectivity index (χ4v) is 2.57. The van der Waals surface area contributed by atoms with Crippen molar-refractivity contribution in [2.75, 3.05) is 10.6 Å². The van der Waals surface area contributed by atoms with Crippen LogP contribution < -0.4 is 10.6 Å². The summed E-state index contributed by atoms with van der Waals surface area (Å²) in [5.74, 6) is -0.0957. The smallest absolute Gasteiger partial charge is 0.221 e. The Morgan fingerprint density at radius 3 is 2.46 bits per heavy atom. The van der Waals surface area contributed by atoms with Crippen LogP contribution in [0.15, 0.2) is 67.0 Å². The number of nitrogens with one attached hydrogen (secondary N) is 2. The van der Waals surface area contributed by atoms with Crippen molar-refractivity contribution in [3.05, 3.63) is 72.0 Å². The van der Waals surface area contributed by atoms with Gasteiger partial charge in [0.15, 0.2) is 0 Å². The first-order valence-corrected chi connectivity index (χ1v) is 7.83. The molecule has 0 aliphatic rings. The van der Waals surface area contributed by atoms with E-state index in [0.717, 1.165) is 28.2 Å². The van der Waals surface area contributed by atoms with Gasteiger partial charge in [0.2, 0.25) is 5.91 Å². The minimum Gasteiger partial charge on any atom is -0.354 e. The van der Waals surface area contributed by atoms with E-state index in [1.807, 2.05) is 54.6 Å². The summed E-state index contributed by atoms with van der Waals surface area (Å²) in [5, 5.41) is 6.74. The van der Waals surface area contributed by atoms with Crippen molar-refractivity contribution in [1.82, 2.24) is 4.98 Å². The van der Waals surface area contributed by atoms with Gasteiger partial charge in [-0.15, -0.1) is 0 Å². The standard InChI is InChI=1S/C19H16ClN3O/c1-13(24)22-17-6-2-4-14(8-17)15-9-19(12-21-11-15)23-18-7-3-5-16(20)10-18/h2-12,23H,1H3,(H,22,24). The number of pyridine rings is 1. The van der Waals surface area contributed by atoms with Crippen LogP contribution in [0.1, 0.15) is 6.92 Å². The van der Waals surface area contributed by atoms with Crippen LogP contribution in [0, 0.1) is 0 Å². The third kappa shape index (κ3) is 4.12. The first-order valence-electron chi connectivity index (χ1n) is 7.46. The van der Waals surface area contributed by atoms with Gasteiger partial charge in [-0.3, -0.25) is 9.78 Å². The van der Waals surface area contributed by atoms with Crippen molar-refractivity contribution < 1.29 is 4.79 Å². The molecule has 1 aromatic heterocycles. The molecule has 0 bridgehead atoms. The second-order valence-electron chi connectivity index (χ2n) is 5.36. The summed E-state index contributed by atoms with van der Waals surface area (Å²) in [5.41, 5.74) is 4.44. The van der Waals surface area contributed by atoms with Crippen molar-refractivity contribution in [1.29, 1.82) is 0 Å². The predicted molar refractivity (Wildman–Crippen MR) is 98.7 cm³/mol. The molecule has 0 aliphatic carbocycles. The van der Waals surface area contributed by atoms with E-state index in [9.17, 15) is 4.79 Å². The number of hydrogen-bond donors (Lipinski definition) is 2. The summed E-state index contributed by atoms with van der Waals surface area (Å²) in [6.07, 6.45) is 3.54. The quantitative estimate of drug-likeness (QED) is 0.696. The molecule has 0 saturated heterocycles. The Kier molecular flexibility index (Phi) is 4.77. The maximum atomic E-state index is 11.2. The topological polar surface area (TPSA) is 54.0 Å². The van der Waals surface area contributed by atoms with Crippen LogP contribution in [-0.4, -0.2) is 10.9 Å². The molecule has 1 heterocycles. The van der Waals surface area contributed by atoms with Gasteiger partial charge < -0.3 is 10.6 Å². The van der Waals surface area contributed by atoms with E-state index in [1.165, 1.54) is 6.92 Å². The second-order valence-corrected chi connectivity index (χ2v) is 5.80. The van der Waals surface area contributed by atoms with Gasteiger partial charge in [0, 0.05) is 35.1 Å². The molecule has 2 aromatic carbocycles. The average molecular weight is 338 g/mol. The largest absolute Gasteiger partial charge is 0.354 e. The highest BCUT2D eigenvalue weighted by atomic mass is 35.5. The third-order valence-electron chi connectivity index (χ3n) is 3.37. The molecule has 4 nitrogen and oxygen atoms in total. The highest BCUT2D eigenvalue weighted by Gasteiger charge is 2.03. The van der Waals surface area contributed by atoms with E-state index < -0.39 is 0 Å². The lowest BCUT2D eigenvalue weighted by molar-refractivity contribution is -0.114. The van der Waals surface area contributed by atoms with Gasteiger partial charge >= 0.3 is 0 Å². The summed E-state index contributed by atoms with van der Waals surface area (Å²) in [7, 11) is 0. The number of carbonyl (C=O) groups excluding carboxylic acids is 1. The monoisotopic (exact) mass is 337 g/mol. The van der Waals surface area contributed by atoms with E-state index in [1.54, 1.807) is 12.4 Å². The fourth-order valence-electron chi connectivity index (χ4n) is 2.38. The summed E-state index contributed by atoms with van der Waals surface area (Å²) < 4.78 is 0. The van der Waals surface area contributed by atoms with Crippen LogP contribution in [-0.2, 0) is 4.79 Å². The van der Waals surface area contributed by atoms with Crippen molar-refractivity contribution >= 4 is 34.6 Å². The molecule has 0 saturated carbocycles. The first-order chi connectivity index (χ1) is 11.6. The van der Waals surface area contributed by atoms with Crippen molar-refractivity contribution in [3.63, 3.8) is 0 Å². The molecular weight excluding hydrogens is 322 g/mol. The number of anilines is 3. The second kappa shape index (κ2) is 7.15. The molecule has 5 heteroatoms. The van der Waals surface area contributed by atoms with Crippen LogP contribution in [0.2, 0.25) is 5.02 Å². The van der Waals surface area contributed by atoms with Crippen molar-refractivity contribution in [3.8, 4) is 11.1 Å². The molecule has 0 aliphatic heterocycles. The van der Waals surface area contributed by atoms with Crippen LogP contribution in [0.4, 0.5) is 17.1 Å². The van der Waals surface area contributed by atoms with Gasteiger partial charge in [-0.25, -0.2) is 0 Å². The lowest BCUT2D eigenvalue weighted by Crippen LogP contribution is -2.05. The molecule has 1 amide bonds. The molecule has 2 N–H and O–H groups in total. The zero-order chi connectivity index (χ0) is 16.9. The third-order valence-corrected chi connectivity index (χ3v) is 3.60. The maximum Gasteiger partial charge on any atom is 0.221 e. The zero-order valence-electron chi connectivity index (χ0n) is 13.1.